The van der Waals surface area contributed by atoms with Crippen LogP contribution in [0.2, 0.25) is 0 Å². The van der Waals surface area contributed by atoms with Crippen LogP contribution in [0.1, 0.15) is 18.1 Å². The summed E-state index contributed by atoms with van der Waals surface area (Å²) < 4.78 is 23.7. The van der Waals surface area contributed by atoms with Crippen molar-refractivity contribution in [2.45, 2.75) is 30.8 Å². The molecule has 2 aromatic carbocycles. The van der Waals surface area contributed by atoms with Crippen molar-refractivity contribution in [3.05, 3.63) is 63.7 Å². The van der Waals surface area contributed by atoms with Crippen LogP contribution in [0.15, 0.2) is 47.4 Å². The van der Waals surface area contributed by atoms with Crippen LogP contribution in [-0.4, -0.2) is 43.6 Å². The first-order chi connectivity index (χ1) is 12.8. The van der Waals surface area contributed by atoms with Crippen molar-refractivity contribution in [2.24, 2.45) is 0 Å². The van der Waals surface area contributed by atoms with Gasteiger partial charge in [0.25, 0.3) is 0 Å². The van der Waals surface area contributed by atoms with E-state index in [0.29, 0.717) is 6.54 Å². The lowest BCUT2D eigenvalue weighted by Gasteiger charge is -2.34. The summed E-state index contributed by atoms with van der Waals surface area (Å²) in [4.78, 5) is 12.9. The molecule has 0 spiro atoms. The summed E-state index contributed by atoms with van der Waals surface area (Å²) in [5.74, 6) is 0. The van der Waals surface area contributed by atoms with Crippen molar-refractivity contribution in [3.8, 4) is 0 Å². The second-order valence-electron chi connectivity index (χ2n) is 6.90. The number of rotatable bonds is 6. The minimum absolute atomic E-state index is 0.139. The number of nitro groups is 1. The molecule has 1 N–H and O–H groups in total. The number of fused-ring (bicyclic) bond motifs is 1. The van der Waals surface area contributed by atoms with Gasteiger partial charge in [-0.15, -0.1) is 0 Å². The molecule has 0 bridgehead atoms. The fourth-order valence-corrected chi connectivity index (χ4v) is 4.29. The molecule has 1 unspecified atom stereocenters. The number of anilines is 1. The van der Waals surface area contributed by atoms with Crippen molar-refractivity contribution in [1.29, 1.82) is 0 Å². The molecule has 1 aliphatic rings. The van der Waals surface area contributed by atoms with Crippen LogP contribution in [0.25, 0.3) is 0 Å². The standard InChI is InChI=1S/C19H23N3O4S/c1-14(21-11-10-15-6-3-4-7-16(15)13-21)12-20-17-8-5-9-18(27(2,25)26)19(17)22(23)24/h3-9,14,20H,10-13H2,1-2H3. The largest absolute Gasteiger partial charge is 0.378 e. The van der Waals surface area contributed by atoms with Crippen LogP contribution in [0, 0.1) is 10.1 Å². The molecule has 144 valence electrons. The smallest absolute Gasteiger partial charge is 0.310 e. The van der Waals surface area contributed by atoms with Crippen LogP contribution < -0.4 is 5.32 Å². The summed E-state index contributed by atoms with van der Waals surface area (Å²) in [6.07, 6.45) is 1.96. The van der Waals surface area contributed by atoms with Gasteiger partial charge in [-0.1, -0.05) is 30.3 Å². The SMILES string of the molecule is CC(CNc1cccc(S(C)(=O)=O)c1[N+](=O)[O-])N1CCc2ccccc2C1. The minimum Gasteiger partial charge on any atom is -0.378 e. The molecule has 7 nitrogen and oxygen atoms in total. The highest BCUT2D eigenvalue weighted by Gasteiger charge is 2.27. The molecule has 0 saturated heterocycles. The highest BCUT2D eigenvalue weighted by molar-refractivity contribution is 7.90. The number of nitrogens with one attached hydrogen (secondary N) is 1. The Morgan fingerprint density at radius 3 is 2.56 bits per heavy atom. The zero-order valence-electron chi connectivity index (χ0n) is 15.4. The van der Waals surface area contributed by atoms with Crippen molar-refractivity contribution in [1.82, 2.24) is 4.90 Å². The first kappa shape index (κ1) is 19.3. The van der Waals surface area contributed by atoms with Gasteiger partial charge in [0.2, 0.25) is 0 Å². The van der Waals surface area contributed by atoms with Crippen LogP contribution in [0.5, 0.6) is 0 Å². The van der Waals surface area contributed by atoms with Gasteiger partial charge in [-0.25, -0.2) is 8.42 Å². The molecule has 1 atom stereocenters. The summed E-state index contributed by atoms with van der Waals surface area (Å²) >= 11 is 0. The third-order valence-corrected chi connectivity index (χ3v) is 6.08. The average Bonchev–Trinajstić information content (AvgIpc) is 2.64. The summed E-state index contributed by atoms with van der Waals surface area (Å²) in [7, 11) is -3.69. The molecule has 2 aromatic rings. The quantitative estimate of drug-likeness (QED) is 0.603. The molecule has 0 radical (unpaired) electrons. The zero-order valence-corrected chi connectivity index (χ0v) is 16.2. The van der Waals surface area contributed by atoms with Crippen molar-refractivity contribution in [2.75, 3.05) is 24.7 Å². The summed E-state index contributed by atoms with van der Waals surface area (Å²) in [5, 5.41) is 14.5. The maximum absolute atomic E-state index is 11.9. The summed E-state index contributed by atoms with van der Waals surface area (Å²) in [6.45, 7) is 4.30. The molecule has 0 fully saturated rings. The van der Waals surface area contributed by atoms with E-state index >= 15 is 0 Å². The molecular weight excluding hydrogens is 366 g/mol. The van der Waals surface area contributed by atoms with E-state index in [-0.39, 0.29) is 16.6 Å². The zero-order chi connectivity index (χ0) is 19.6. The van der Waals surface area contributed by atoms with Gasteiger partial charge in [-0.3, -0.25) is 15.0 Å². The van der Waals surface area contributed by atoms with Crippen molar-refractivity contribution < 1.29 is 13.3 Å². The van der Waals surface area contributed by atoms with Gasteiger partial charge in [-0.2, -0.15) is 0 Å². The van der Waals surface area contributed by atoms with E-state index in [2.05, 4.69) is 29.3 Å². The molecule has 0 aromatic heterocycles. The average molecular weight is 389 g/mol. The van der Waals surface area contributed by atoms with E-state index in [1.807, 2.05) is 12.1 Å². The Kier molecular flexibility index (Phi) is 5.48. The third-order valence-electron chi connectivity index (χ3n) is 4.95. The van der Waals surface area contributed by atoms with Crippen LogP contribution >= 0.6 is 0 Å². The Morgan fingerprint density at radius 1 is 1.19 bits per heavy atom. The van der Waals surface area contributed by atoms with E-state index in [1.54, 1.807) is 6.07 Å². The van der Waals surface area contributed by atoms with Gasteiger partial charge in [-0.05, 0) is 36.6 Å². The number of nitrogens with zero attached hydrogens (tertiary/aromatic N) is 2. The van der Waals surface area contributed by atoms with E-state index in [1.165, 1.54) is 23.3 Å². The molecule has 27 heavy (non-hydrogen) atoms. The van der Waals surface area contributed by atoms with Crippen LogP contribution in [-0.2, 0) is 22.8 Å². The Balaban J connectivity index is 1.75. The predicted molar refractivity (Wildman–Crippen MR) is 105 cm³/mol. The molecule has 8 heteroatoms. The molecule has 0 amide bonds. The Hall–Kier alpha value is -2.45. The number of hydrogen-bond acceptors (Lipinski definition) is 6. The lowest BCUT2D eigenvalue weighted by molar-refractivity contribution is -0.386. The Bertz CT molecular complexity index is 959. The topological polar surface area (TPSA) is 92.5 Å². The van der Waals surface area contributed by atoms with E-state index in [0.717, 1.165) is 25.8 Å². The van der Waals surface area contributed by atoms with Crippen molar-refractivity contribution in [3.63, 3.8) is 0 Å². The maximum atomic E-state index is 11.9. The molecule has 1 aliphatic heterocycles. The highest BCUT2D eigenvalue weighted by Crippen LogP contribution is 2.32. The number of benzene rings is 2. The normalized spacial score (nSPS) is 15.8. The van der Waals surface area contributed by atoms with Crippen LogP contribution in [0.4, 0.5) is 11.4 Å². The molecule has 1 heterocycles. The van der Waals surface area contributed by atoms with Gasteiger partial charge in [0, 0.05) is 31.9 Å². The van der Waals surface area contributed by atoms with Gasteiger partial charge < -0.3 is 5.32 Å². The second-order valence-corrected chi connectivity index (χ2v) is 8.88. The highest BCUT2D eigenvalue weighted by atomic mass is 32.2. The molecular formula is C19H23N3O4S. The minimum atomic E-state index is -3.69. The Labute approximate surface area is 159 Å². The number of hydrogen-bond donors (Lipinski definition) is 1. The van der Waals surface area contributed by atoms with E-state index in [9.17, 15) is 18.5 Å². The summed E-state index contributed by atoms with van der Waals surface area (Å²) in [5.41, 5.74) is 2.51. The first-order valence-electron chi connectivity index (χ1n) is 8.79. The fourth-order valence-electron chi connectivity index (χ4n) is 3.43. The van der Waals surface area contributed by atoms with E-state index in [4.69, 9.17) is 0 Å². The maximum Gasteiger partial charge on any atom is 0.310 e. The lowest BCUT2D eigenvalue weighted by atomic mass is 9.99. The number of nitro benzene ring substituents is 1. The monoisotopic (exact) mass is 389 g/mol. The van der Waals surface area contributed by atoms with Gasteiger partial charge in [0.15, 0.2) is 9.84 Å². The van der Waals surface area contributed by atoms with Crippen LogP contribution in [0.3, 0.4) is 0 Å². The Morgan fingerprint density at radius 2 is 1.89 bits per heavy atom. The van der Waals surface area contributed by atoms with Gasteiger partial charge >= 0.3 is 5.69 Å². The lowest BCUT2D eigenvalue weighted by Crippen LogP contribution is -2.41. The number of para-hydroxylation sites is 1. The van der Waals surface area contributed by atoms with Gasteiger partial charge in [0.1, 0.15) is 10.6 Å². The molecule has 3 rings (SSSR count). The molecule has 0 aliphatic carbocycles. The molecule has 0 saturated carbocycles. The summed E-state index contributed by atoms with van der Waals surface area (Å²) in [6, 6.07) is 12.8. The fraction of sp³-hybridized carbons (Fsp3) is 0.368. The van der Waals surface area contributed by atoms with Gasteiger partial charge in [0.05, 0.1) is 4.92 Å². The third kappa shape index (κ3) is 4.28. The number of sulfone groups is 1. The predicted octanol–water partition coefficient (Wildman–Crippen LogP) is 2.86. The van der Waals surface area contributed by atoms with Crippen molar-refractivity contribution >= 4 is 21.2 Å². The first-order valence-corrected chi connectivity index (χ1v) is 10.7. The second kappa shape index (κ2) is 7.66. The van der Waals surface area contributed by atoms with E-state index < -0.39 is 20.4 Å².